The van der Waals surface area contributed by atoms with E-state index in [9.17, 15) is 0 Å². The smallest absolute Gasteiger partial charge is 0.225 e. The van der Waals surface area contributed by atoms with Crippen molar-refractivity contribution in [1.29, 1.82) is 0 Å². The Labute approximate surface area is 88.2 Å². The molecule has 1 fully saturated rings. The van der Waals surface area contributed by atoms with E-state index in [-0.39, 0.29) is 12.2 Å². The largest absolute Gasteiger partial charge is 0.375 e. The van der Waals surface area contributed by atoms with Crippen molar-refractivity contribution in [2.75, 3.05) is 0 Å². The van der Waals surface area contributed by atoms with Gasteiger partial charge in [-0.3, -0.25) is 0 Å². The summed E-state index contributed by atoms with van der Waals surface area (Å²) in [7, 11) is 0. The van der Waals surface area contributed by atoms with Crippen molar-refractivity contribution >= 4 is 11.6 Å². The van der Waals surface area contributed by atoms with Crippen molar-refractivity contribution in [2.45, 2.75) is 44.9 Å². The molecule has 78 valence electrons. The first-order chi connectivity index (χ1) is 6.66. The topological polar surface area (TPSA) is 39.9 Å². The predicted molar refractivity (Wildman–Crippen MR) is 53.3 cm³/mol. The zero-order chi connectivity index (χ0) is 10.1. The molecule has 0 saturated carbocycles. The predicted octanol–water partition coefficient (Wildman–Crippen LogP) is 2.06. The second-order valence-electron chi connectivity index (χ2n) is 3.89. The van der Waals surface area contributed by atoms with Gasteiger partial charge in [-0.2, -0.15) is 0 Å². The molecule has 0 bridgehead atoms. The Morgan fingerprint density at radius 2 is 2.07 bits per heavy atom. The van der Waals surface area contributed by atoms with Crippen molar-refractivity contribution in [3.05, 3.63) is 11.6 Å². The first-order valence-corrected chi connectivity index (χ1v) is 5.25. The van der Waals surface area contributed by atoms with E-state index < -0.39 is 0 Å². The highest BCUT2D eigenvalue weighted by Crippen LogP contribution is 2.30. The fourth-order valence-corrected chi connectivity index (χ4v) is 2.30. The van der Waals surface area contributed by atoms with Crippen molar-refractivity contribution < 1.29 is 4.74 Å². The van der Waals surface area contributed by atoms with Crippen LogP contribution in [0.5, 0.6) is 0 Å². The Morgan fingerprint density at radius 3 is 2.57 bits per heavy atom. The van der Waals surface area contributed by atoms with Crippen molar-refractivity contribution in [2.24, 2.45) is 0 Å². The summed E-state index contributed by atoms with van der Waals surface area (Å²) in [6, 6.07) is 0.372. The van der Waals surface area contributed by atoms with Crippen LogP contribution in [0.3, 0.4) is 0 Å². The normalized spacial score (nSPS) is 33.2. The van der Waals surface area contributed by atoms with E-state index in [4.69, 9.17) is 16.3 Å². The monoisotopic (exact) mass is 215 g/mol. The van der Waals surface area contributed by atoms with Gasteiger partial charge in [0.05, 0.1) is 12.2 Å². The minimum Gasteiger partial charge on any atom is -0.375 e. The van der Waals surface area contributed by atoms with E-state index in [0.717, 1.165) is 12.8 Å². The molecule has 14 heavy (non-hydrogen) atoms. The molecule has 0 amide bonds. The number of hydrogen-bond donors (Lipinski definition) is 0. The molecule has 1 aromatic heterocycles. The molecule has 0 aliphatic carbocycles. The number of aromatic nitrogens is 3. The average Bonchev–Trinajstić information content (AvgIpc) is 2.49. The Hall–Kier alpha value is -0.610. The summed E-state index contributed by atoms with van der Waals surface area (Å²) in [6.45, 7) is 4.17. The lowest BCUT2D eigenvalue weighted by Crippen LogP contribution is -2.30. The van der Waals surface area contributed by atoms with E-state index in [0.29, 0.717) is 11.3 Å². The number of ether oxygens (including phenoxy) is 1. The fraction of sp³-hybridized carbons (Fsp3) is 0.778. The summed E-state index contributed by atoms with van der Waals surface area (Å²) in [4.78, 5) is 0. The van der Waals surface area contributed by atoms with E-state index in [1.54, 1.807) is 6.33 Å². The fourth-order valence-electron chi connectivity index (χ4n) is 2.07. The Kier molecular flexibility index (Phi) is 2.74. The molecule has 2 heterocycles. The number of hydrogen-bond acceptors (Lipinski definition) is 3. The van der Waals surface area contributed by atoms with E-state index in [2.05, 4.69) is 24.0 Å². The lowest BCUT2D eigenvalue weighted by molar-refractivity contribution is -0.0487. The molecule has 0 radical (unpaired) electrons. The highest BCUT2D eigenvalue weighted by Gasteiger charge is 2.26. The van der Waals surface area contributed by atoms with Gasteiger partial charge in [0.25, 0.3) is 0 Å². The van der Waals surface area contributed by atoms with Crippen LogP contribution in [-0.2, 0) is 4.74 Å². The first-order valence-electron chi connectivity index (χ1n) is 4.87. The minimum absolute atomic E-state index is 0.280. The molecule has 1 aromatic rings. The lowest BCUT2D eigenvalue weighted by atomic mass is 10.00. The number of nitrogens with zero attached hydrogens (tertiary/aromatic N) is 3. The van der Waals surface area contributed by atoms with Crippen LogP contribution in [0.25, 0.3) is 0 Å². The van der Waals surface area contributed by atoms with Crippen LogP contribution in [0.4, 0.5) is 0 Å². The summed E-state index contributed by atoms with van der Waals surface area (Å²) in [5, 5.41) is 8.04. The Balaban J connectivity index is 2.15. The van der Waals surface area contributed by atoms with Crippen LogP contribution in [-0.4, -0.2) is 27.0 Å². The molecule has 1 aliphatic heterocycles. The van der Waals surface area contributed by atoms with Gasteiger partial charge < -0.3 is 9.30 Å². The highest BCUT2D eigenvalue weighted by atomic mass is 35.5. The van der Waals surface area contributed by atoms with E-state index in [1.807, 2.05) is 4.57 Å². The van der Waals surface area contributed by atoms with Gasteiger partial charge in [0.15, 0.2) is 0 Å². The van der Waals surface area contributed by atoms with Gasteiger partial charge >= 0.3 is 0 Å². The molecule has 2 rings (SSSR count). The van der Waals surface area contributed by atoms with Gasteiger partial charge in [-0.25, -0.2) is 0 Å². The zero-order valence-corrected chi connectivity index (χ0v) is 9.11. The third kappa shape index (κ3) is 1.91. The highest BCUT2D eigenvalue weighted by molar-refractivity contribution is 6.28. The number of halogens is 1. The molecular formula is C9H14ClN3O. The van der Waals surface area contributed by atoms with Gasteiger partial charge in [-0.15, -0.1) is 10.2 Å². The zero-order valence-electron chi connectivity index (χ0n) is 8.35. The van der Waals surface area contributed by atoms with Crippen molar-refractivity contribution in [3.63, 3.8) is 0 Å². The van der Waals surface area contributed by atoms with Gasteiger partial charge in [0, 0.05) is 6.04 Å². The third-order valence-electron chi connectivity index (χ3n) is 2.60. The van der Waals surface area contributed by atoms with Crippen molar-refractivity contribution in [1.82, 2.24) is 14.8 Å². The van der Waals surface area contributed by atoms with Gasteiger partial charge in [-0.05, 0) is 38.3 Å². The van der Waals surface area contributed by atoms with Gasteiger partial charge in [0.2, 0.25) is 5.28 Å². The van der Waals surface area contributed by atoms with E-state index >= 15 is 0 Å². The maximum Gasteiger partial charge on any atom is 0.225 e. The second-order valence-corrected chi connectivity index (χ2v) is 4.23. The lowest BCUT2D eigenvalue weighted by Gasteiger charge is -2.32. The van der Waals surface area contributed by atoms with Gasteiger partial charge in [0.1, 0.15) is 6.33 Å². The van der Waals surface area contributed by atoms with Crippen LogP contribution in [0, 0.1) is 0 Å². The summed E-state index contributed by atoms with van der Waals surface area (Å²) in [6.07, 6.45) is 4.20. The Morgan fingerprint density at radius 1 is 1.43 bits per heavy atom. The molecule has 0 spiro atoms. The summed E-state index contributed by atoms with van der Waals surface area (Å²) in [5.74, 6) is 0. The maximum absolute atomic E-state index is 5.92. The van der Waals surface area contributed by atoms with E-state index in [1.165, 1.54) is 0 Å². The summed E-state index contributed by atoms with van der Waals surface area (Å²) < 4.78 is 7.58. The van der Waals surface area contributed by atoms with Crippen LogP contribution >= 0.6 is 11.6 Å². The molecule has 0 aromatic carbocycles. The van der Waals surface area contributed by atoms with Crippen molar-refractivity contribution in [3.8, 4) is 0 Å². The van der Waals surface area contributed by atoms with Gasteiger partial charge in [-0.1, -0.05) is 0 Å². The van der Waals surface area contributed by atoms with Crippen LogP contribution in [0.15, 0.2) is 6.33 Å². The molecule has 2 unspecified atom stereocenters. The molecular weight excluding hydrogens is 202 g/mol. The maximum atomic E-state index is 5.92. The van der Waals surface area contributed by atoms with Crippen LogP contribution < -0.4 is 0 Å². The SMILES string of the molecule is CC1CC(n2cnnc2Cl)CC(C)O1. The second kappa shape index (κ2) is 3.87. The minimum atomic E-state index is 0.280. The van der Waals surface area contributed by atoms with Crippen LogP contribution in [0.1, 0.15) is 32.7 Å². The molecule has 1 saturated heterocycles. The molecule has 5 heteroatoms. The summed E-state index contributed by atoms with van der Waals surface area (Å²) in [5.41, 5.74) is 0. The molecule has 1 aliphatic rings. The first kappa shape index (κ1) is 9.93. The summed E-state index contributed by atoms with van der Waals surface area (Å²) >= 11 is 5.92. The third-order valence-corrected chi connectivity index (χ3v) is 2.87. The molecule has 2 atom stereocenters. The molecule has 0 N–H and O–H groups in total. The van der Waals surface area contributed by atoms with Crippen LogP contribution in [0.2, 0.25) is 5.28 Å². The average molecular weight is 216 g/mol. The Bertz CT molecular complexity index is 305. The standard InChI is InChI=1S/C9H14ClN3O/c1-6-3-8(4-7(2)14-6)13-5-11-12-9(13)10/h5-8H,3-4H2,1-2H3. The molecule has 4 nitrogen and oxygen atoms in total. The number of rotatable bonds is 1. The quantitative estimate of drug-likeness (QED) is 0.720.